The molecule has 0 radical (unpaired) electrons. The van der Waals surface area contributed by atoms with Gasteiger partial charge in [-0.1, -0.05) is 18.1 Å². The van der Waals surface area contributed by atoms with E-state index in [0.29, 0.717) is 0 Å². The molecule has 0 saturated carbocycles. The van der Waals surface area contributed by atoms with Crippen LogP contribution in [0.3, 0.4) is 0 Å². The molecule has 0 amide bonds. The minimum atomic E-state index is 1.47. The normalized spacial score (nSPS) is 7.83. The first-order valence-corrected chi connectivity index (χ1v) is 1.95. The van der Waals surface area contributed by atoms with Gasteiger partial charge >= 0.3 is 0 Å². The van der Waals surface area contributed by atoms with Gasteiger partial charge in [-0.25, -0.2) is 0 Å². The third-order valence-electron chi connectivity index (χ3n) is 0.271. The summed E-state index contributed by atoms with van der Waals surface area (Å²) in [4.78, 5) is 0. The van der Waals surface area contributed by atoms with Crippen molar-refractivity contribution in [2.45, 2.75) is 0 Å². The largest absolute Gasteiger partial charge is 0.115 e. The van der Waals surface area contributed by atoms with Gasteiger partial charge < -0.3 is 0 Å². The van der Waals surface area contributed by atoms with Crippen LogP contribution in [0.5, 0.6) is 0 Å². The highest BCUT2D eigenvalue weighted by molar-refractivity contribution is 7.79. The number of hydrogen-bond donors (Lipinski definition) is 0. The second kappa shape index (κ2) is 4.39. The third kappa shape index (κ3) is 3.39. The van der Waals surface area contributed by atoms with Crippen molar-refractivity contribution in [3.05, 3.63) is 12.2 Å². The fourth-order valence-corrected chi connectivity index (χ4v) is 0.173. The van der Waals surface area contributed by atoms with E-state index in [4.69, 9.17) is 6.42 Å². The van der Waals surface area contributed by atoms with Crippen molar-refractivity contribution in [2.24, 2.45) is 0 Å². The average molecular weight is 96.2 g/mol. The summed E-state index contributed by atoms with van der Waals surface area (Å²) in [6.07, 6.45) is 7.99. The fraction of sp³-hybridized carbons (Fsp3) is 0. The molecule has 0 N–H and O–H groups in total. The molecule has 0 aliphatic carbocycles. The Kier molecular flexibility index (Phi) is 3.94. The number of hydrogen-bond acceptors (Lipinski definition) is 1. The lowest BCUT2D eigenvalue weighted by molar-refractivity contribution is 2.25. The lowest BCUT2D eigenvalue weighted by Gasteiger charge is -1.55. The maximum Gasteiger partial charge on any atom is 0.00198 e. The standard InChI is InChI=1S/C5H4S/c1-2-3-4-5-6/h1,3-5H/b4-3+. The van der Waals surface area contributed by atoms with Gasteiger partial charge in [-0.05, 0) is 12.2 Å². The summed E-state index contributed by atoms with van der Waals surface area (Å²) in [5.41, 5.74) is 0. The van der Waals surface area contributed by atoms with Crippen LogP contribution in [0.15, 0.2) is 12.2 Å². The molecule has 6 heavy (non-hydrogen) atoms. The van der Waals surface area contributed by atoms with Crippen molar-refractivity contribution in [3.8, 4) is 12.3 Å². The van der Waals surface area contributed by atoms with E-state index < -0.39 is 0 Å². The Balaban J connectivity index is 3.26. The molecule has 0 aromatic heterocycles. The molecule has 0 aliphatic heterocycles. The van der Waals surface area contributed by atoms with Crippen molar-refractivity contribution in [1.82, 2.24) is 0 Å². The Morgan fingerprint density at radius 3 is 2.50 bits per heavy atom. The molecule has 0 atom stereocenters. The first kappa shape index (κ1) is 5.39. The van der Waals surface area contributed by atoms with Crippen molar-refractivity contribution in [1.29, 1.82) is 0 Å². The quantitative estimate of drug-likeness (QED) is 0.268. The van der Waals surface area contributed by atoms with Crippen LogP contribution in [0.2, 0.25) is 0 Å². The van der Waals surface area contributed by atoms with E-state index in [9.17, 15) is 0 Å². The highest BCUT2D eigenvalue weighted by Crippen LogP contribution is 1.60. The Morgan fingerprint density at radius 2 is 2.33 bits per heavy atom. The Morgan fingerprint density at radius 1 is 1.67 bits per heavy atom. The van der Waals surface area contributed by atoms with Gasteiger partial charge in [0.15, 0.2) is 0 Å². The topological polar surface area (TPSA) is 0 Å². The highest BCUT2D eigenvalue weighted by Gasteiger charge is 1.48. The third-order valence-corrected chi connectivity index (χ3v) is 0.428. The zero-order valence-corrected chi connectivity index (χ0v) is 4.03. The number of thiocarbonyl (C=S) groups is 1. The van der Waals surface area contributed by atoms with Gasteiger partial charge in [-0.3, -0.25) is 0 Å². The van der Waals surface area contributed by atoms with Crippen LogP contribution in [-0.2, 0) is 0 Å². The molecule has 0 aliphatic rings. The minimum Gasteiger partial charge on any atom is -0.115 e. The summed E-state index contributed by atoms with van der Waals surface area (Å²) >= 11 is 4.41. The average Bonchev–Trinajstić information content (AvgIpc) is 1.61. The van der Waals surface area contributed by atoms with E-state index in [0.717, 1.165) is 0 Å². The minimum absolute atomic E-state index is 1.47. The van der Waals surface area contributed by atoms with E-state index in [1.807, 2.05) is 0 Å². The molecule has 0 aromatic carbocycles. The maximum atomic E-state index is 4.81. The molecular formula is C5H4S. The molecule has 0 spiro atoms. The van der Waals surface area contributed by atoms with Gasteiger partial charge in [0.25, 0.3) is 0 Å². The Bertz CT molecular complexity index is 95.0. The molecular weight excluding hydrogens is 92.1 g/mol. The van der Waals surface area contributed by atoms with E-state index in [2.05, 4.69) is 18.1 Å². The van der Waals surface area contributed by atoms with E-state index >= 15 is 0 Å². The van der Waals surface area contributed by atoms with Crippen LogP contribution in [0.25, 0.3) is 0 Å². The monoisotopic (exact) mass is 96.0 g/mol. The molecule has 0 nitrogen and oxygen atoms in total. The van der Waals surface area contributed by atoms with Crippen molar-refractivity contribution in [2.75, 3.05) is 0 Å². The molecule has 0 heterocycles. The SMILES string of the molecule is C#C/C=C/C=S. The summed E-state index contributed by atoms with van der Waals surface area (Å²) < 4.78 is 0. The van der Waals surface area contributed by atoms with Crippen molar-refractivity contribution >= 4 is 17.6 Å². The predicted molar refractivity (Wildman–Crippen MR) is 31.6 cm³/mol. The fourth-order valence-electron chi connectivity index (χ4n) is 0.0948. The number of terminal acetylenes is 1. The molecule has 1 heteroatoms. The van der Waals surface area contributed by atoms with Crippen LogP contribution in [0.4, 0.5) is 0 Å². The second-order valence-corrected chi connectivity index (χ2v) is 0.934. The number of rotatable bonds is 1. The maximum absolute atomic E-state index is 4.81. The summed E-state index contributed by atoms with van der Waals surface area (Å²) in [7, 11) is 0. The Labute approximate surface area is 42.9 Å². The van der Waals surface area contributed by atoms with Gasteiger partial charge in [0, 0.05) is 5.37 Å². The van der Waals surface area contributed by atoms with Crippen LogP contribution >= 0.6 is 12.2 Å². The first-order chi connectivity index (χ1) is 2.91. The van der Waals surface area contributed by atoms with Crippen LogP contribution in [0, 0.1) is 12.3 Å². The van der Waals surface area contributed by atoms with Crippen LogP contribution < -0.4 is 0 Å². The summed E-state index contributed by atoms with van der Waals surface area (Å²) in [5.74, 6) is 2.29. The molecule has 0 saturated heterocycles. The van der Waals surface area contributed by atoms with Crippen LogP contribution in [-0.4, -0.2) is 5.37 Å². The van der Waals surface area contributed by atoms with Gasteiger partial charge in [0.2, 0.25) is 0 Å². The highest BCUT2D eigenvalue weighted by atomic mass is 32.1. The first-order valence-electron chi connectivity index (χ1n) is 1.48. The molecule has 0 unspecified atom stereocenters. The smallest absolute Gasteiger partial charge is 0.00198 e. The van der Waals surface area contributed by atoms with Gasteiger partial charge in [0.1, 0.15) is 0 Å². The van der Waals surface area contributed by atoms with Gasteiger partial charge in [-0.15, -0.1) is 6.42 Å². The second-order valence-electron chi connectivity index (χ2n) is 0.662. The van der Waals surface area contributed by atoms with Crippen LogP contribution in [0.1, 0.15) is 0 Å². The summed E-state index contributed by atoms with van der Waals surface area (Å²) in [6, 6.07) is 0. The van der Waals surface area contributed by atoms with E-state index in [-0.39, 0.29) is 0 Å². The molecule has 0 rings (SSSR count). The zero-order valence-electron chi connectivity index (χ0n) is 3.22. The molecule has 0 fully saturated rings. The number of allylic oxidation sites excluding steroid dienone is 2. The van der Waals surface area contributed by atoms with E-state index in [1.165, 1.54) is 5.37 Å². The van der Waals surface area contributed by atoms with Gasteiger partial charge in [0.05, 0.1) is 0 Å². The lowest BCUT2D eigenvalue weighted by Crippen LogP contribution is -1.48. The van der Waals surface area contributed by atoms with E-state index in [1.54, 1.807) is 12.2 Å². The van der Waals surface area contributed by atoms with Gasteiger partial charge in [-0.2, -0.15) is 0 Å². The van der Waals surface area contributed by atoms with Crippen molar-refractivity contribution < 1.29 is 0 Å². The molecule has 0 aromatic rings. The lowest BCUT2D eigenvalue weighted by atomic mass is 10.5. The predicted octanol–water partition coefficient (Wildman–Crippen LogP) is 1.18. The molecule has 30 valence electrons. The molecule has 0 bridgehead atoms. The summed E-state index contributed by atoms with van der Waals surface area (Å²) in [6.45, 7) is 0. The summed E-state index contributed by atoms with van der Waals surface area (Å²) in [5, 5.41) is 1.47. The Hall–Kier alpha value is -0.610. The van der Waals surface area contributed by atoms with Crippen molar-refractivity contribution in [3.63, 3.8) is 0 Å². The zero-order chi connectivity index (χ0) is 4.83.